The molecule has 0 aromatic heterocycles. The van der Waals surface area contributed by atoms with Crippen LogP contribution in [0.3, 0.4) is 0 Å². The zero-order valence-electron chi connectivity index (χ0n) is 12.7. The van der Waals surface area contributed by atoms with E-state index in [1.807, 2.05) is 32.1 Å². The fourth-order valence-corrected chi connectivity index (χ4v) is 2.54. The molecule has 3 unspecified atom stereocenters. The Morgan fingerprint density at radius 1 is 1.19 bits per heavy atom. The van der Waals surface area contributed by atoms with Crippen LogP contribution >= 0.6 is 0 Å². The molecule has 1 rings (SSSR count). The number of nitrogens with one attached hydrogen (secondary N) is 1. The van der Waals surface area contributed by atoms with Crippen molar-refractivity contribution < 1.29 is 15.3 Å². The molecule has 0 saturated carbocycles. The summed E-state index contributed by atoms with van der Waals surface area (Å²) in [4.78, 5) is 0. The van der Waals surface area contributed by atoms with Gasteiger partial charge in [0, 0.05) is 24.3 Å². The van der Waals surface area contributed by atoms with Gasteiger partial charge in [-0.1, -0.05) is 50.5 Å². The molecule has 1 aliphatic heterocycles. The van der Waals surface area contributed by atoms with Gasteiger partial charge in [-0.25, -0.2) is 0 Å². The molecule has 0 amide bonds. The molecule has 0 spiro atoms. The molecular formula is C17H25NO3. The maximum absolute atomic E-state index is 9.80. The number of aliphatic hydroxyl groups is 3. The Balaban J connectivity index is 2.86. The summed E-state index contributed by atoms with van der Waals surface area (Å²) < 4.78 is 0. The van der Waals surface area contributed by atoms with E-state index in [1.165, 1.54) is 0 Å². The molecule has 0 radical (unpaired) electrons. The highest BCUT2D eigenvalue weighted by Gasteiger charge is 2.40. The Morgan fingerprint density at radius 2 is 1.81 bits per heavy atom. The van der Waals surface area contributed by atoms with Gasteiger partial charge in [0.2, 0.25) is 0 Å². The molecule has 0 bridgehead atoms. The Bertz CT molecular complexity index is 490. The summed E-state index contributed by atoms with van der Waals surface area (Å²) in [5.41, 5.74) is 1.05. The van der Waals surface area contributed by atoms with Gasteiger partial charge in [0.25, 0.3) is 0 Å². The molecule has 0 aromatic rings. The number of aliphatic hydroxyl groups excluding tert-OH is 3. The quantitative estimate of drug-likeness (QED) is 0.446. The second-order valence-electron chi connectivity index (χ2n) is 5.58. The maximum atomic E-state index is 9.80. The lowest BCUT2D eigenvalue weighted by Gasteiger charge is -2.22. The summed E-state index contributed by atoms with van der Waals surface area (Å²) in [6.07, 6.45) is 5.64. The van der Waals surface area contributed by atoms with Crippen LogP contribution in [0.25, 0.3) is 0 Å². The van der Waals surface area contributed by atoms with E-state index in [-0.39, 0.29) is 41.1 Å². The van der Waals surface area contributed by atoms with Crippen molar-refractivity contribution in [2.75, 3.05) is 6.54 Å². The summed E-state index contributed by atoms with van der Waals surface area (Å²) in [5, 5.41) is 31.8. The average molecular weight is 291 g/mol. The lowest BCUT2D eigenvalue weighted by Crippen LogP contribution is -2.30. The molecule has 4 atom stereocenters. The Kier molecular flexibility index (Phi) is 5.85. The summed E-state index contributed by atoms with van der Waals surface area (Å²) >= 11 is 0. The van der Waals surface area contributed by atoms with Gasteiger partial charge in [-0.3, -0.25) is 0 Å². The zero-order valence-corrected chi connectivity index (χ0v) is 12.7. The van der Waals surface area contributed by atoms with Gasteiger partial charge in [-0.15, -0.1) is 0 Å². The molecule has 1 saturated heterocycles. The molecule has 4 N–H and O–H groups in total. The Labute approximate surface area is 126 Å². The first-order chi connectivity index (χ1) is 9.75. The van der Waals surface area contributed by atoms with Gasteiger partial charge in [0.15, 0.2) is 0 Å². The second kappa shape index (κ2) is 7.18. The van der Waals surface area contributed by atoms with Gasteiger partial charge in [0.1, 0.15) is 5.76 Å². The zero-order chi connectivity index (χ0) is 16.2. The number of hydrogen-bond acceptors (Lipinski definition) is 4. The molecule has 4 nitrogen and oxygen atoms in total. The third-order valence-electron chi connectivity index (χ3n) is 3.96. The number of allylic oxidation sites excluding steroid dienone is 3. The van der Waals surface area contributed by atoms with Gasteiger partial charge in [-0.05, 0) is 6.92 Å². The number of rotatable bonds is 6. The lowest BCUT2D eigenvalue weighted by molar-refractivity contribution is 0.262. The van der Waals surface area contributed by atoms with Crippen LogP contribution in [0.5, 0.6) is 0 Å². The molecule has 1 aliphatic rings. The highest BCUT2D eigenvalue weighted by Crippen LogP contribution is 2.34. The fourth-order valence-electron chi connectivity index (χ4n) is 2.54. The van der Waals surface area contributed by atoms with E-state index < -0.39 is 0 Å². The highest BCUT2D eigenvalue weighted by atomic mass is 16.3. The predicted octanol–water partition coefficient (Wildman–Crippen LogP) is 3.54. The largest absolute Gasteiger partial charge is 0.513 e. The summed E-state index contributed by atoms with van der Waals surface area (Å²) in [7, 11) is 0. The van der Waals surface area contributed by atoms with Crippen molar-refractivity contribution in [3.8, 4) is 0 Å². The van der Waals surface area contributed by atoms with Crippen molar-refractivity contribution in [2.24, 2.45) is 17.8 Å². The number of hydrogen-bond donors (Lipinski definition) is 4. The van der Waals surface area contributed by atoms with Crippen LogP contribution in [-0.2, 0) is 0 Å². The van der Waals surface area contributed by atoms with Crippen LogP contribution < -0.4 is 5.32 Å². The maximum Gasteiger partial charge on any atom is 0.103 e. The topological polar surface area (TPSA) is 72.7 Å². The molecule has 21 heavy (non-hydrogen) atoms. The van der Waals surface area contributed by atoms with Gasteiger partial charge in [-0.2, -0.15) is 0 Å². The van der Waals surface area contributed by atoms with Crippen molar-refractivity contribution in [2.45, 2.75) is 19.9 Å². The molecule has 1 fully saturated rings. The van der Waals surface area contributed by atoms with E-state index >= 15 is 0 Å². The SMILES string of the molecule is C=C(O)C1NCC(/C(C)=C/C=C/[C@@H](C)C(=C)O)C1C(=C)O. The van der Waals surface area contributed by atoms with E-state index in [0.717, 1.165) is 5.57 Å². The highest BCUT2D eigenvalue weighted by molar-refractivity contribution is 5.24. The van der Waals surface area contributed by atoms with E-state index in [4.69, 9.17) is 0 Å². The van der Waals surface area contributed by atoms with Crippen LogP contribution in [-0.4, -0.2) is 27.9 Å². The van der Waals surface area contributed by atoms with Crippen molar-refractivity contribution in [1.29, 1.82) is 0 Å². The lowest BCUT2D eigenvalue weighted by atomic mass is 9.83. The third-order valence-corrected chi connectivity index (χ3v) is 3.96. The van der Waals surface area contributed by atoms with Gasteiger partial charge < -0.3 is 20.6 Å². The van der Waals surface area contributed by atoms with Crippen molar-refractivity contribution in [3.05, 3.63) is 60.8 Å². The molecule has 0 aliphatic carbocycles. The Morgan fingerprint density at radius 3 is 2.29 bits per heavy atom. The summed E-state index contributed by atoms with van der Waals surface area (Å²) in [6.45, 7) is 15.1. The summed E-state index contributed by atoms with van der Waals surface area (Å²) in [6, 6.07) is -0.379. The van der Waals surface area contributed by atoms with Gasteiger partial charge >= 0.3 is 0 Å². The minimum atomic E-state index is -0.379. The van der Waals surface area contributed by atoms with E-state index in [9.17, 15) is 15.3 Å². The monoisotopic (exact) mass is 291 g/mol. The third kappa shape index (κ3) is 4.26. The van der Waals surface area contributed by atoms with Gasteiger partial charge in [0.05, 0.1) is 17.6 Å². The molecule has 1 heterocycles. The van der Waals surface area contributed by atoms with Crippen LogP contribution in [0.15, 0.2) is 60.8 Å². The van der Waals surface area contributed by atoms with E-state index in [2.05, 4.69) is 25.1 Å². The van der Waals surface area contributed by atoms with E-state index in [1.54, 1.807) is 0 Å². The van der Waals surface area contributed by atoms with Crippen LogP contribution in [0.4, 0.5) is 0 Å². The molecular weight excluding hydrogens is 266 g/mol. The molecule has 4 heteroatoms. The minimum Gasteiger partial charge on any atom is -0.513 e. The van der Waals surface area contributed by atoms with Crippen molar-refractivity contribution in [3.63, 3.8) is 0 Å². The van der Waals surface area contributed by atoms with E-state index in [0.29, 0.717) is 6.54 Å². The van der Waals surface area contributed by atoms with Crippen LogP contribution in [0.1, 0.15) is 13.8 Å². The standard InChI is InChI=1S/C17H25NO3/c1-10(12(3)19)7-6-8-11(2)15-9-18-17(14(5)21)16(15)13(4)20/h6-8,10,15-21H,3-5,9H2,1-2H3/b7-6+,11-8+/t10-,15?,16?,17?/m1/s1. The predicted molar refractivity (Wildman–Crippen MR) is 86.1 cm³/mol. The molecule has 116 valence electrons. The Hall–Kier alpha value is -1.94. The first kappa shape index (κ1) is 17.1. The smallest absolute Gasteiger partial charge is 0.103 e. The van der Waals surface area contributed by atoms with Crippen molar-refractivity contribution >= 4 is 0 Å². The first-order valence-electron chi connectivity index (χ1n) is 6.97. The first-order valence-corrected chi connectivity index (χ1v) is 6.97. The van der Waals surface area contributed by atoms with Crippen LogP contribution in [0.2, 0.25) is 0 Å². The van der Waals surface area contributed by atoms with Crippen LogP contribution in [0, 0.1) is 17.8 Å². The fraction of sp³-hybridized carbons (Fsp3) is 0.412. The average Bonchev–Trinajstić information content (AvgIpc) is 2.83. The second-order valence-corrected chi connectivity index (χ2v) is 5.58. The summed E-state index contributed by atoms with van der Waals surface area (Å²) in [5.74, 6) is -0.196. The molecule has 0 aromatic carbocycles. The normalized spacial score (nSPS) is 27.7. The van der Waals surface area contributed by atoms with Crippen molar-refractivity contribution in [1.82, 2.24) is 5.32 Å². The minimum absolute atomic E-state index is 0.00578.